The Kier molecular flexibility index (Phi) is 5.00. The molecule has 1 aromatic carbocycles. The van der Waals surface area contributed by atoms with Crippen LogP contribution in [0.1, 0.15) is 0 Å². The SMILES string of the molecule is Nc1ccccc1OCC(O)CSc1cnccn1. The molecule has 0 amide bonds. The molecule has 6 heteroatoms. The molecule has 2 aromatic rings. The Hall–Kier alpha value is -1.79. The predicted octanol–water partition coefficient (Wildman–Crippen LogP) is 1.59. The smallest absolute Gasteiger partial charge is 0.142 e. The van der Waals surface area contributed by atoms with Gasteiger partial charge < -0.3 is 15.6 Å². The van der Waals surface area contributed by atoms with E-state index in [0.717, 1.165) is 5.03 Å². The summed E-state index contributed by atoms with van der Waals surface area (Å²) in [6.07, 6.45) is 4.30. The Morgan fingerprint density at radius 3 is 2.89 bits per heavy atom. The van der Waals surface area contributed by atoms with Crippen molar-refractivity contribution in [2.75, 3.05) is 18.1 Å². The van der Waals surface area contributed by atoms with Crippen molar-refractivity contribution in [2.45, 2.75) is 11.1 Å². The predicted molar refractivity (Wildman–Crippen MR) is 75.1 cm³/mol. The van der Waals surface area contributed by atoms with Crippen molar-refractivity contribution in [3.63, 3.8) is 0 Å². The van der Waals surface area contributed by atoms with Gasteiger partial charge in [0.15, 0.2) is 0 Å². The summed E-state index contributed by atoms with van der Waals surface area (Å²) in [5, 5.41) is 10.6. The lowest BCUT2D eigenvalue weighted by Crippen LogP contribution is -2.20. The summed E-state index contributed by atoms with van der Waals surface area (Å²) >= 11 is 1.43. The third-order valence-corrected chi connectivity index (χ3v) is 3.37. The zero-order chi connectivity index (χ0) is 13.5. The van der Waals surface area contributed by atoms with Gasteiger partial charge in [0.05, 0.1) is 18.0 Å². The number of para-hydroxylation sites is 2. The monoisotopic (exact) mass is 277 g/mol. The number of hydrogen-bond acceptors (Lipinski definition) is 6. The Morgan fingerprint density at radius 1 is 1.32 bits per heavy atom. The van der Waals surface area contributed by atoms with Crippen LogP contribution >= 0.6 is 11.8 Å². The van der Waals surface area contributed by atoms with Gasteiger partial charge in [0.2, 0.25) is 0 Å². The molecular formula is C13H15N3O2S. The van der Waals surface area contributed by atoms with Gasteiger partial charge in [0, 0.05) is 18.1 Å². The molecule has 1 atom stereocenters. The van der Waals surface area contributed by atoms with Gasteiger partial charge in [0.1, 0.15) is 17.4 Å². The van der Waals surface area contributed by atoms with Crippen molar-refractivity contribution in [3.8, 4) is 5.75 Å². The summed E-state index contributed by atoms with van der Waals surface area (Å²) in [6, 6.07) is 7.21. The van der Waals surface area contributed by atoms with E-state index in [9.17, 15) is 5.11 Å². The maximum atomic E-state index is 9.83. The fourth-order valence-electron chi connectivity index (χ4n) is 1.39. The quantitative estimate of drug-likeness (QED) is 0.616. The third kappa shape index (κ3) is 4.42. The molecule has 3 N–H and O–H groups in total. The molecule has 0 radical (unpaired) electrons. The second kappa shape index (κ2) is 6.96. The second-order valence-electron chi connectivity index (χ2n) is 3.86. The number of nitrogens with two attached hydrogens (primary N) is 1. The highest BCUT2D eigenvalue weighted by Crippen LogP contribution is 2.20. The fraction of sp³-hybridized carbons (Fsp3) is 0.231. The summed E-state index contributed by atoms with van der Waals surface area (Å²) in [5.41, 5.74) is 6.31. The van der Waals surface area contributed by atoms with Crippen LogP contribution in [0, 0.1) is 0 Å². The summed E-state index contributed by atoms with van der Waals surface area (Å²) < 4.78 is 5.46. The molecule has 1 unspecified atom stereocenters. The highest BCUT2D eigenvalue weighted by atomic mass is 32.2. The van der Waals surface area contributed by atoms with Gasteiger partial charge in [-0.2, -0.15) is 0 Å². The highest BCUT2D eigenvalue weighted by Gasteiger charge is 2.08. The number of benzene rings is 1. The minimum absolute atomic E-state index is 0.196. The number of aromatic nitrogens is 2. The number of nitrogen functional groups attached to an aromatic ring is 1. The first-order valence-corrected chi connectivity index (χ1v) is 6.78. The minimum Gasteiger partial charge on any atom is -0.489 e. The van der Waals surface area contributed by atoms with E-state index in [1.54, 1.807) is 30.7 Å². The van der Waals surface area contributed by atoms with Gasteiger partial charge in [-0.15, -0.1) is 11.8 Å². The largest absolute Gasteiger partial charge is 0.489 e. The molecule has 100 valence electrons. The van der Waals surface area contributed by atoms with E-state index in [4.69, 9.17) is 10.5 Å². The summed E-state index contributed by atoms with van der Waals surface area (Å²) in [4.78, 5) is 8.07. The van der Waals surface area contributed by atoms with Crippen molar-refractivity contribution in [1.29, 1.82) is 0 Å². The normalized spacial score (nSPS) is 12.1. The standard InChI is InChI=1S/C13H15N3O2S/c14-11-3-1-2-4-12(11)18-8-10(17)9-19-13-7-15-5-6-16-13/h1-7,10,17H,8-9,14H2. The molecule has 0 spiro atoms. The van der Waals surface area contributed by atoms with Crippen molar-refractivity contribution in [2.24, 2.45) is 0 Å². The van der Waals surface area contributed by atoms with Crippen LogP contribution in [0.2, 0.25) is 0 Å². The van der Waals surface area contributed by atoms with Gasteiger partial charge in [-0.3, -0.25) is 4.98 Å². The van der Waals surface area contributed by atoms with Crippen LogP contribution in [-0.2, 0) is 0 Å². The van der Waals surface area contributed by atoms with Crippen LogP contribution in [0.15, 0.2) is 47.9 Å². The average Bonchev–Trinajstić information content (AvgIpc) is 2.45. The summed E-state index contributed by atoms with van der Waals surface area (Å²) in [6.45, 7) is 0.196. The van der Waals surface area contributed by atoms with Crippen LogP contribution in [0.25, 0.3) is 0 Å². The molecule has 1 heterocycles. The number of nitrogens with zero attached hydrogens (tertiary/aromatic N) is 2. The van der Waals surface area contributed by atoms with E-state index in [0.29, 0.717) is 17.2 Å². The zero-order valence-corrected chi connectivity index (χ0v) is 11.1. The van der Waals surface area contributed by atoms with Gasteiger partial charge in [0.25, 0.3) is 0 Å². The van der Waals surface area contributed by atoms with Crippen molar-refractivity contribution >= 4 is 17.4 Å². The van der Waals surface area contributed by atoms with E-state index < -0.39 is 6.10 Å². The van der Waals surface area contributed by atoms with Crippen molar-refractivity contribution in [3.05, 3.63) is 42.9 Å². The van der Waals surface area contributed by atoms with Crippen LogP contribution < -0.4 is 10.5 Å². The first-order chi connectivity index (χ1) is 9.25. The van der Waals surface area contributed by atoms with E-state index in [1.165, 1.54) is 11.8 Å². The van der Waals surface area contributed by atoms with Gasteiger partial charge in [-0.25, -0.2) is 4.98 Å². The molecule has 0 fully saturated rings. The van der Waals surface area contributed by atoms with Crippen LogP contribution in [0.3, 0.4) is 0 Å². The molecule has 0 bridgehead atoms. The lowest BCUT2D eigenvalue weighted by molar-refractivity contribution is 0.127. The molecule has 0 saturated carbocycles. The molecule has 0 aliphatic carbocycles. The Bertz CT molecular complexity index is 510. The summed E-state index contributed by atoms with van der Waals surface area (Å²) in [7, 11) is 0. The van der Waals surface area contributed by atoms with Crippen LogP contribution in [0.5, 0.6) is 5.75 Å². The Balaban J connectivity index is 1.76. The molecular weight excluding hydrogens is 262 g/mol. The van der Waals surface area contributed by atoms with Crippen LogP contribution in [-0.4, -0.2) is 33.5 Å². The highest BCUT2D eigenvalue weighted by molar-refractivity contribution is 7.99. The van der Waals surface area contributed by atoms with Crippen molar-refractivity contribution in [1.82, 2.24) is 9.97 Å². The number of rotatable bonds is 6. The van der Waals surface area contributed by atoms with E-state index >= 15 is 0 Å². The topological polar surface area (TPSA) is 81.3 Å². The number of anilines is 1. The molecule has 0 aliphatic heterocycles. The minimum atomic E-state index is -0.591. The molecule has 0 saturated heterocycles. The number of hydrogen-bond donors (Lipinski definition) is 2. The van der Waals surface area contributed by atoms with Gasteiger partial charge in [-0.05, 0) is 12.1 Å². The van der Waals surface area contributed by atoms with E-state index in [2.05, 4.69) is 9.97 Å². The molecule has 19 heavy (non-hydrogen) atoms. The zero-order valence-electron chi connectivity index (χ0n) is 10.3. The van der Waals surface area contributed by atoms with Crippen molar-refractivity contribution < 1.29 is 9.84 Å². The number of ether oxygens (including phenoxy) is 1. The maximum absolute atomic E-state index is 9.83. The molecule has 0 aliphatic rings. The average molecular weight is 277 g/mol. The lowest BCUT2D eigenvalue weighted by Gasteiger charge is -2.12. The summed E-state index contributed by atoms with van der Waals surface area (Å²) in [5.74, 6) is 1.08. The Morgan fingerprint density at radius 2 is 2.16 bits per heavy atom. The first kappa shape index (κ1) is 13.6. The lowest BCUT2D eigenvalue weighted by atomic mass is 10.3. The maximum Gasteiger partial charge on any atom is 0.142 e. The van der Waals surface area contributed by atoms with E-state index in [-0.39, 0.29) is 6.61 Å². The number of aliphatic hydroxyl groups is 1. The molecule has 2 rings (SSSR count). The van der Waals surface area contributed by atoms with Gasteiger partial charge in [-0.1, -0.05) is 12.1 Å². The molecule has 1 aromatic heterocycles. The third-order valence-electron chi connectivity index (χ3n) is 2.31. The number of aliphatic hydroxyl groups excluding tert-OH is 1. The fourth-order valence-corrected chi connectivity index (χ4v) is 2.12. The first-order valence-electron chi connectivity index (χ1n) is 5.80. The van der Waals surface area contributed by atoms with Gasteiger partial charge >= 0.3 is 0 Å². The van der Waals surface area contributed by atoms with Crippen LogP contribution in [0.4, 0.5) is 5.69 Å². The second-order valence-corrected chi connectivity index (χ2v) is 4.90. The number of thioether (sulfide) groups is 1. The Labute approximate surface area is 115 Å². The van der Waals surface area contributed by atoms with E-state index in [1.807, 2.05) is 12.1 Å². The molecule has 5 nitrogen and oxygen atoms in total.